The summed E-state index contributed by atoms with van der Waals surface area (Å²) < 4.78 is 0. The molecule has 0 amide bonds. The fraction of sp³-hybridized carbons (Fsp3) is 0.667. The van der Waals surface area contributed by atoms with E-state index in [0.717, 1.165) is 25.6 Å². The summed E-state index contributed by atoms with van der Waals surface area (Å²) in [5, 5.41) is 7.88. The molecule has 1 aliphatic carbocycles. The van der Waals surface area contributed by atoms with Crippen molar-refractivity contribution in [3.63, 3.8) is 0 Å². The zero-order valence-corrected chi connectivity index (χ0v) is 10.2. The Morgan fingerprint density at radius 3 is 3.00 bits per heavy atom. The van der Waals surface area contributed by atoms with Crippen LogP contribution in [-0.2, 0) is 6.42 Å². The number of likely N-dealkylation sites (N-methyl/N-ethyl adjacent to an activating group) is 1. The maximum Gasteiger partial charge on any atom is 0.0107 e. The number of hydrogen-bond donors (Lipinski definition) is 1. The van der Waals surface area contributed by atoms with Crippen molar-refractivity contribution < 1.29 is 0 Å². The molecule has 0 atom stereocenters. The number of nitrogens with one attached hydrogen (secondary N) is 1. The lowest BCUT2D eigenvalue weighted by Crippen LogP contribution is -2.31. The smallest absolute Gasteiger partial charge is 0.0107 e. The van der Waals surface area contributed by atoms with Crippen molar-refractivity contribution in [2.24, 2.45) is 0 Å². The fourth-order valence-corrected chi connectivity index (χ4v) is 2.45. The van der Waals surface area contributed by atoms with Gasteiger partial charge in [0.05, 0.1) is 0 Å². The van der Waals surface area contributed by atoms with Crippen LogP contribution in [0.5, 0.6) is 0 Å². The highest BCUT2D eigenvalue weighted by Crippen LogP contribution is 2.24. The fourth-order valence-electron chi connectivity index (χ4n) is 1.75. The Morgan fingerprint density at radius 1 is 1.47 bits per heavy atom. The van der Waals surface area contributed by atoms with Gasteiger partial charge in [-0.2, -0.15) is 11.3 Å². The quantitative estimate of drug-likeness (QED) is 0.712. The molecule has 0 radical (unpaired) electrons. The lowest BCUT2D eigenvalue weighted by atomic mass is 10.2. The molecule has 0 aliphatic heterocycles. The van der Waals surface area contributed by atoms with Crippen LogP contribution >= 0.6 is 11.3 Å². The van der Waals surface area contributed by atoms with Crippen LogP contribution in [0.4, 0.5) is 0 Å². The molecule has 0 saturated heterocycles. The first kappa shape index (κ1) is 11.1. The Bertz CT molecular complexity index is 267. The molecular weight excluding hydrogens is 204 g/mol. The van der Waals surface area contributed by atoms with Gasteiger partial charge in [0.25, 0.3) is 0 Å². The highest BCUT2D eigenvalue weighted by Gasteiger charge is 2.25. The Kier molecular flexibility index (Phi) is 4.18. The summed E-state index contributed by atoms with van der Waals surface area (Å²) in [7, 11) is 2.23. The molecular formula is C12H20N2S. The van der Waals surface area contributed by atoms with E-state index in [0.29, 0.717) is 0 Å². The first-order chi connectivity index (χ1) is 7.36. The molecule has 1 N–H and O–H groups in total. The molecule has 15 heavy (non-hydrogen) atoms. The second-order valence-corrected chi connectivity index (χ2v) is 5.12. The third-order valence-corrected chi connectivity index (χ3v) is 3.71. The minimum Gasteiger partial charge on any atom is -0.315 e. The van der Waals surface area contributed by atoms with Gasteiger partial charge in [0.15, 0.2) is 0 Å². The van der Waals surface area contributed by atoms with E-state index in [1.54, 1.807) is 11.3 Å². The van der Waals surface area contributed by atoms with Crippen molar-refractivity contribution in [2.75, 3.05) is 26.7 Å². The molecule has 0 spiro atoms. The minimum atomic E-state index is 0.892. The van der Waals surface area contributed by atoms with Crippen molar-refractivity contribution in [3.05, 3.63) is 22.4 Å². The number of thiophene rings is 1. The topological polar surface area (TPSA) is 15.3 Å². The zero-order valence-electron chi connectivity index (χ0n) is 9.41. The van der Waals surface area contributed by atoms with Crippen LogP contribution in [0.25, 0.3) is 0 Å². The van der Waals surface area contributed by atoms with Gasteiger partial charge in [-0.05, 0) is 55.2 Å². The molecule has 2 rings (SSSR count). The summed E-state index contributed by atoms with van der Waals surface area (Å²) in [5.74, 6) is 0. The summed E-state index contributed by atoms with van der Waals surface area (Å²) in [4.78, 5) is 2.47. The van der Waals surface area contributed by atoms with E-state index in [9.17, 15) is 0 Å². The van der Waals surface area contributed by atoms with Gasteiger partial charge >= 0.3 is 0 Å². The summed E-state index contributed by atoms with van der Waals surface area (Å²) in [6.45, 7) is 3.42. The van der Waals surface area contributed by atoms with Crippen LogP contribution in [-0.4, -0.2) is 37.6 Å². The van der Waals surface area contributed by atoms with Crippen LogP contribution in [0.15, 0.2) is 16.8 Å². The van der Waals surface area contributed by atoms with E-state index >= 15 is 0 Å². The number of hydrogen-bond acceptors (Lipinski definition) is 3. The molecule has 1 aliphatic rings. The molecule has 2 nitrogen and oxygen atoms in total. The second kappa shape index (κ2) is 5.64. The lowest BCUT2D eigenvalue weighted by Gasteiger charge is -2.15. The maximum atomic E-state index is 3.50. The largest absolute Gasteiger partial charge is 0.315 e. The van der Waals surface area contributed by atoms with Crippen LogP contribution in [0, 0.1) is 0 Å². The van der Waals surface area contributed by atoms with E-state index in [4.69, 9.17) is 0 Å². The predicted octanol–water partition coefficient (Wildman–Crippen LogP) is 1.97. The molecule has 0 bridgehead atoms. The number of nitrogens with zero attached hydrogens (tertiary/aromatic N) is 1. The highest BCUT2D eigenvalue weighted by molar-refractivity contribution is 7.07. The van der Waals surface area contributed by atoms with Gasteiger partial charge in [0.1, 0.15) is 0 Å². The molecule has 0 aromatic carbocycles. The normalized spacial score (nSPS) is 16.1. The molecule has 3 heteroatoms. The molecule has 0 unspecified atom stereocenters. The maximum absolute atomic E-state index is 3.50. The summed E-state index contributed by atoms with van der Waals surface area (Å²) in [6.07, 6.45) is 3.98. The molecule has 1 heterocycles. The summed E-state index contributed by atoms with van der Waals surface area (Å²) in [6, 6.07) is 3.10. The van der Waals surface area contributed by atoms with E-state index in [1.807, 2.05) is 0 Å². The van der Waals surface area contributed by atoms with Crippen LogP contribution in [0.2, 0.25) is 0 Å². The van der Waals surface area contributed by atoms with Gasteiger partial charge in [-0.15, -0.1) is 0 Å². The highest BCUT2D eigenvalue weighted by atomic mass is 32.1. The van der Waals surface area contributed by atoms with E-state index < -0.39 is 0 Å². The van der Waals surface area contributed by atoms with E-state index in [2.05, 4.69) is 34.1 Å². The van der Waals surface area contributed by atoms with E-state index in [1.165, 1.54) is 24.9 Å². The standard InChI is InChI=1S/C12H20N2S/c1-14(12-2-3-12)8-7-13-6-4-11-5-9-15-10-11/h5,9-10,12-13H,2-4,6-8H2,1H3. The average Bonchev–Trinajstić information content (AvgIpc) is 2.97. The summed E-state index contributed by atoms with van der Waals surface area (Å²) in [5.41, 5.74) is 1.46. The van der Waals surface area contributed by atoms with Gasteiger partial charge < -0.3 is 10.2 Å². The molecule has 1 aromatic rings. The van der Waals surface area contributed by atoms with Gasteiger partial charge in [-0.3, -0.25) is 0 Å². The molecule has 1 fully saturated rings. The first-order valence-electron chi connectivity index (χ1n) is 5.78. The lowest BCUT2D eigenvalue weighted by molar-refractivity contribution is 0.322. The Morgan fingerprint density at radius 2 is 2.33 bits per heavy atom. The third-order valence-electron chi connectivity index (χ3n) is 2.98. The average molecular weight is 224 g/mol. The summed E-state index contributed by atoms with van der Waals surface area (Å²) >= 11 is 1.78. The molecule has 84 valence electrons. The zero-order chi connectivity index (χ0) is 10.5. The van der Waals surface area contributed by atoms with Gasteiger partial charge in [-0.1, -0.05) is 0 Å². The van der Waals surface area contributed by atoms with Crippen molar-refractivity contribution in [1.29, 1.82) is 0 Å². The first-order valence-corrected chi connectivity index (χ1v) is 6.72. The van der Waals surface area contributed by atoms with Crippen LogP contribution < -0.4 is 5.32 Å². The predicted molar refractivity (Wildman–Crippen MR) is 66.5 cm³/mol. The Labute approximate surface area is 96.3 Å². The van der Waals surface area contributed by atoms with Gasteiger partial charge in [0.2, 0.25) is 0 Å². The van der Waals surface area contributed by atoms with Crippen LogP contribution in [0.1, 0.15) is 18.4 Å². The molecule has 1 saturated carbocycles. The minimum absolute atomic E-state index is 0.892. The third kappa shape index (κ3) is 3.93. The van der Waals surface area contributed by atoms with Crippen molar-refractivity contribution in [2.45, 2.75) is 25.3 Å². The van der Waals surface area contributed by atoms with Gasteiger partial charge in [-0.25, -0.2) is 0 Å². The SMILES string of the molecule is CN(CCNCCc1ccsc1)C1CC1. The monoisotopic (exact) mass is 224 g/mol. The van der Waals surface area contributed by atoms with Crippen molar-refractivity contribution in [3.8, 4) is 0 Å². The second-order valence-electron chi connectivity index (χ2n) is 4.34. The van der Waals surface area contributed by atoms with Crippen molar-refractivity contribution >= 4 is 11.3 Å². The number of rotatable bonds is 7. The van der Waals surface area contributed by atoms with E-state index in [-0.39, 0.29) is 0 Å². The molecule has 1 aromatic heterocycles. The Balaban J connectivity index is 1.48. The Hall–Kier alpha value is -0.380. The van der Waals surface area contributed by atoms with Crippen molar-refractivity contribution in [1.82, 2.24) is 10.2 Å². The van der Waals surface area contributed by atoms with Crippen LogP contribution in [0.3, 0.4) is 0 Å². The van der Waals surface area contributed by atoms with Gasteiger partial charge in [0, 0.05) is 19.1 Å².